The van der Waals surface area contributed by atoms with Crippen molar-refractivity contribution in [3.63, 3.8) is 0 Å². The summed E-state index contributed by atoms with van der Waals surface area (Å²) in [6.07, 6.45) is 0.390. The molecule has 3 heteroatoms. The van der Waals surface area contributed by atoms with Gasteiger partial charge in [-0.15, -0.1) is 0 Å². The Hall–Kier alpha value is -0.570. The van der Waals surface area contributed by atoms with Crippen molar-refractivity contribution in [1.29, 1.82) is 0 Å². The van der Waals surface area contributed by atoms with Crippen LogP contribution in [0.25, 0.3) is 0 Å². The molecule has 3 nitrogen and oxygen atoms in total. The van der Waals surface area contributed by atoms with Crippen LogP contribution in [0, 0.1) is 0 Å². The molecule has 0 rings (SSSR count). The molecule has 0 aromatic heterocycles. The lowest BCUT2D eigenvalue weighted by molar-refractivity contribution is -0.127. The number of hydrogen-bond acceptors (Lipinski definition) is 2. The van der Waals surface area contributed by atoms with Gasteiger partial charge in [0.1, 0.15) is 0 Å². The summed E-state index contributed by atoms with van der Waals surface area (Å²) in [6, 6.07) is 0. The highest BCUT2D eigenvalue weighted by atomic mass is 16.5. The molecule has 0 bridgehead atoms. The zero-order valence-corrected chi connectivity index (χ0v) is 9.52. The van der Waals surface area contributed by atoms with Gasteiger partial charge in [0.05, 0.1) is 12.0 Å². The summed E-state index contributed by atoms with van der Waals surface area (Å²) in [6.45, 7) is 9.69. The van der Waals surface area contributed by atoms with Gasteiger partial charge in [0.2, 0.25) is 5.91 Å². The first-order chi connectivity index (χ1) is 5.66. The number of nitrogens with one attached hydrogen (secondary N) is 1. The third-order valence-corrected chi connectivity index (χ3v) is 1.65. The first-order valence-electron chi connectivity index (χ1n) is 4.52. The Morgan fingerprint density at radius 1 is 1.23 bits per heavy atom. The van der Waals surface area contributed by atoms with E-state index in [9.17, 15) is 4.79 Å². The molecule has 0 radical (unpaired) electrons. The summed E-state index contributed by atoms with van der Waals surface area (Å²) in [5.41, 5.74) is -0.545. The average molecular weight is 187 g/mol. The van der Waals surface area contributed by atoms with E-state index in [1.54, 1.807) is 7.11 Å². The summed E-state index contributed by atoms with van der Waals surface area (Å²) in [5.74, 6) is 0.0272. The first-order valence-corrected chi connectivity index (χ1v) is 4.52. The van der Waals surface area contributed by atoms with Gasteiger partial charge < -0.3 is 10.1 Å². The number of ether oxygens (including phenoxy) is 1. The highest BCUT2D eigenvalue weighted by Gasteiger charge is 2.23. The molecule has 0 saturated heterocycles. The van der Waals surface area contributed by atoms with Crippen LogP contribution in [0.5, 0.6) is 0 Å². The molecule has 0 aromatic carbocycles. The molecule has 13 heavy (non-hydrogen) atoms. The van der Waals surface area contributed by atoms with E-state index in [0.717, 1.165) is 0 Å². The van der Waals surface area contributed by atoms with Crippen LogP contribution in [0.15, 0.2) is 0 Å². The molecule has 0 aromatic rings. The molecular formula is C10H21NO2. The molecule has 78 valence electrons. The molecule has 0 unspecified atom stereocenters. The maximum atomic E-state index is 11.4. The average Bonchev–Trinajstić information content (AvgIpc) is 1.81. The fourth-order valence-electron chi connectivity index (χ4n) is 0.921. The van der Waals surface area contributed by atoms with E-state index in [2.05, 4.69) is 5.32 Å². The van der Waals surface area contributed by atoms with Crippen LogP contribution < -0.4 is 5.32 Å². The molecule has 0 heterocycles. The normalized spacial score (nSPS) is 12.8. The monoisotopic (exact) mass is 187 g/mol. The Kier molecular flexibility index (Phi) is 3.91. The molecule has 0 aliphatic heterocycles. The van der Waals surface area contributed by atoms with E-state index < -0.39 is 0 Å². The smallest absolute Gasteiger partial charge is 0.223 e. The second-order valence-electron chi connectivity index (χ2n) is 4.94. The Labute approximate surface area is 80.8 Å². The molecule has 0 spiro atoms. The maximum absolute atomic E-state index is 11.4. The number of hydrogen-bond donors (Lipinski definition) is 1. The fourth-order valence-corrected chi connectivity index (χ4v) is 0.921. The van der Waals surface area contributed by atoms with Crippen LogP contribution in [0.3, 0.4) is 0 Å². The van der Waals surface area contributed by atoms with Gasteiger partial charge >= 0.3 is 0 Å². The van der Waals surface area contributed by atoms with E-state index in [1.165, 1.54) is 0 Å². The summed E-state index contributed by atoms with van der Waals surface area (Å²) in [7, 11) is 1.62. The number of rotatable bonds is 3. The molecule has 0 atom stereocenters. The van der Waals surface area contributed by atoms with Crippen molar-refractivity contribution in [2.24, 2.45) is 0 Å². The highest BCUT2D eigenvalue weighted by Crippen LogP contribution is 2.13. The lowest BCUT2D eigenvalue weighted by Gasteiger charge is -2.26. The third kappa shape index (κ3) is 6.58. The summed E-state index contributed by atoms with van der Waals surface area (Å²) >= 11 is 0. The van der Waals surface area contributed by atoms with Gasteiger partial charge in [-0.25, -0.2) is 0 Å². The van der Waals surface area contributed by atoms with Crippen LogP contribution in [0.1, 0.15) is 41.0 Å². The van der Waals surface area contributed by atoms with Crippen molar-refractivity contribution in [3.05, 3.63) is 0 Å². The van der Waals surface area contributed by atoms with Gasteiger partial charge in [0.25, 0.3) is 0 Å². The highest BCUT2D eigenvalue weighted by molar-refractivity contribution is 5.77. The van der Waals surface area contributed by atoms with Crippen molar-refractivity contribution in [1.82, 2.24) is 5.32 Å². The Morgan fingerprint density at radius 2 is 1.69 bits per heavy atom. The standard InChI is InChI=1S/C10H21NO2/c1-9(2,3)11-8(12)7-10(4,5)13-6/h7H2,1-6H3,(H,11,12). The van der Waals surface area contributed by atoms with Gasteiger partial charge in [-0.1, -0.05) is 0 Å². The second-order valence-corrected chi connectivity index (χ2v) is 4.94. The van der Waals surface area contributed by atoms with Crippen molar-refractivity contribution >= 4 is 5.91 Å². The number of methoxy groups -OCH3 is 1. The van der Waals surface area contributed by atoms with Gasteiger partial charge in [-0.2, -0.15) is 0 Å². The zero-order valence-electron chi connectivity index (χ0n) is 9.52. The van der Waals surface area contributed by atoms with E-state index in [0.29, 0.717) is 6.42 Å². The Bertz CT molecular complexity index is 180. The largest absolute Gasteiger partial charge is 0.378 e. The van der Waals surface area contributed by atoms with Crippen LogP contribution in [-0.2, 0) is 9.53 Å². The lowest BCUT2D eigenvalue weighted by Crippen LogP contribution is -2.43. The van der Waals surface area contributed by atoms with E-state index >= 15 is 0 Å². The van der Waals surface area contributed by atoms with Gasteiger partial charge in [-0.05, 0) is 34.6 Å². The quantitative estimate of drug-likeness (QED) is 0.730. The molecule has 1 amide bonds. The molecule has 0 fully saturated rings. The topological polar surface area (TPSA) is 38.3 Å². The molecular weight excluding hydrogens is 166 g/mol. The van der Waals surface area contributed by atoms with Crippen LogP contribution in [-0.4, -0.2) is 24.2 Å². The first kappa shape index (κ1) is 12.4. The SMILES string of the molecule is COC(C)(C)CC(=O)NC(C)(C)C. The van der Waals surface area contributed by atoms with E-state index in [1.807, 2.05) is 34.6 Å². The van der Waals surface area contributed by atoms with Crippen LogP contribution in [0.4, 0.5) is 0 Å². The predicted octanol–water partition coefficient (Wildman–Crippen LogP) is 1.72. The number of carbonyl (C=O) groups is 1. The number of carbonyl (C=O) groups excluding carboxylic acids is 1. The molecule has 0 aliphatic rings. The Morgan fingerprint density at radius 3 is 2.00 bits per heavy atom. The fraction of sp³-hybridized carbons (Fsp3) is 0.900. The van der Waals surface area contributed by atoms with E-state index in [4.69, 9.17) is 4.74 Å². The summed E-state index contributed by atoms with van der Waals surface area (Å²) in [4.78, 5) is 11.4. The summed E-state index contributed by atoms with van der Waals surface area (Å²) < 4.78 is 5.16. The van der Waals surface area contributed by atoms with Crippen LogP contribution in [0.2, 0.25) is 0 Å². The van der Waals surface area contributed by atoms with E-state index in [-0.39, 0.29) is 17.0 Å². The number of amides is 1. The zero-order chi connectivity index (χ0) is 10.7. The van der Waals surface area contributed by atoms with Crippen LogP contribution >= 0.6 is 0 Å². The third-order valence-electron chi connectivity index (χ3n) is 1.65. The molecule has 1 N–H and O–H groups in total. The van der Waals surface area contributed by atoms with Crippen molar-refractivity contribution in [3.8, 4) is 0 Å². The van der Waals surface area contributed by atoms with Gasteiger partial charge in [-0.3, -0.25) is 4.79 Å². The minimum absolute atomic E-state index is 0.0272. The minimum atomic E-state index is -0.380. The van der Waals surface area contributed by atoms with Gasteiger partial charge in [0, 0.05) is 12.6 Å². The molecule has 0 saturated carbocycles. The van der Waals surface area contributed by atoms with Crippen molar-refractivity contribution < 1.29 is 9.53 Å². The molecule has 0 aliphatic carbocycles. The minimum Gasteiger partial charge on any atom is -0.378 e. The van der Waals surface area contributed by atoms with Gasteiger partial charge in [0.15, 0.2) is 0 Å². The Balaban J connectivity index is 4.03. The van der Waals surface area contributed by atoms with Crippen molar-refractivity contribution in [2.45, 2.75) is 52.2 Å². The lowest BCUT2D eigenvalue weighted by atomic mass is 10.0. The summed E-state index contributed by atoms with van der Waals surface area (Å²) in [5, 5.41) is 2.89. The van der Waals surface area contributed by atoms with Crippen molar-refractivity contribution in [2.75, 3.05) is 7.11 Å². The predicted molar refractivity (Wildman–Crippen MR) is 53.6 cm³/mol. The maximum Gasteiger partial charge on any atom is 0.223 e. The second kappa shape index (κ2) is 4.09.